The Kier molecular flexibility index (Phi) is 7.05. The highest BCUT2D eigenvalue weighted by Crippen LogP contribution is 2.06. The molecule has 0 amide bonds. The number of unbranched alkanes of at least 4 members (excludes halogenated alkanes) is 1. The quantitative estimate of drug-likeness (QED) is 0.683. The molecule has 1 rings (SSSR count). The summed E-state index contributed by atoms with van der Waals surface area (Å²) < 4.78 is 27.9. The lowest BCUT2D eigenvalue weighted by atomic mass is 10.1. The predicted molar refractivity (Wildman–Crippen MR) is 79.3 cm³/mol. The number of benzene rings is 1. The van der Waals surface area contributed by atoms with Crippen molar-refractivity contribution in [3.05, 3.63) is 35.4 Å². The van der Waals surface area contributed by atoms with Gasteiger partial charge in [0.1, 0.15) is 0 Å². The maximum atomic E-state index is 11.4. The van der Waals surface area contributed by atoms with Crippen molar-refractivity contribution in [3.63, 3.8) is 0 Å². The number of hydrogen-bond acceptors (Lipinski definition) is 2. The Morgan fingerprint density at radius 1 is 1.00 bits per heavy atom. The molecule has 0 heterocycles. The number of nitrogens with one attached hydrogen (secondary N) is 2. The molecular weight excluding hydrogens is 260 g/mol. The zero-order chi connectivity index (χ0) is 14.1. The second-order valence-electron chi connectivity index (χ2n) is 4.73. The van der Waals surface area contributed by atoms with Gasteiger partial charge in [0.25, 0.3) is 10.2 Å². The van der Waals surface area contributed by atoms with Crippen molar-refractivity contribution in [2.45, 2.75) is 39.5 Å². The van der Waals surface area contributed by atoms with Gasteiger partial charge in [-0.05, 0) is 38.2 Å². The maximum absolute atomic E-state index is 11.4. The van der Waals surface area contributed by atoms with Crippen LogP contribution in [0.3, 0.4) is 0 Å². The summed E-state index contributed by atoms with van der Waals surface area (Å²) in [5, 5.41) is 0. The zero-order valence-electron chi connectivity index (χ0n) is 11.8. The topological polar surface area (TPSA) is 58.2 Å². The van der Waals surface area contributed by atoms with Crippen molar-refractivity contribution in [2.24, 2.45) is 0 Å². The Labute approximate surface area is 116 Å². The third-order valence-corrected chi connectivity index (χ3v) is 4.02. The summed E-state index contributed by atoms with van der Waals surface area (Å²) in [6, 6.07) is 8.46. The van der Waals surface area contributed by atoms with Gasteiger partial charge in [-0.15, -0.1) is 0 Å². The Bertz CT molecular complexity index is 455. The van der Waals surface area contributed by atoms with Crippen LogP contribution in [0.15, 0.2) is 24.3 Å². The molecule has 0 unspecified atom stereocenters. The van der Waals surface area contributed by atoms with Crippen LogP contribution in [0.25, 0.3) is 0 Å². The maximum Gasteiger partial charge on any atom is 0.276 e. The molecule has 0 spiro atoms. The standard InChI is InChI=1S/C14H24N2O2S/c1-3-11-15-19(17,18)16-12-5-4-6-14-9-7-13(2)8-10-14/h7-10,15-16H,3-6,11-12H2,1-2H3. The van der Waals surface area contributed by atoms with Gasteiger partial charge in [-0.1, -0.05) is 36.8 Å². The minimum absolute atomic E-state index is 0.485. The highest BCUT2D eigenvalue weighted by molar-refractivity contribution is 7.87. The van der Waals surface area contributed by atoms with Gasteiger partial charge in [-0.2, -0.15) is 8.42 Å². The van der Waals surface area contributed by atoms with Gasteiger partial charge in [0.05, 0.1) is 0 Å². The molecule has 1 aromatic rings. The van der Waals surface area contributed by atoms with Gasteiger partial charge >= 0.3 is 0 Å². The normalized spacial score (nSPS) is 11.7. The van der Waals surface area contributed by atoms with Crippen LogP contribution in [0.2, 0.25) is 0 Å². The molecule has 108 valence electrons. The molecule has 0 atom stereocenters. The second kappa shape index (κ2) is 8.30. The molecule has 0 aliphatic rings. The molecule has 0 aromatic heterocycles. The first-order chi connectivity index (χ1) is 9.03. The van der Waals surface area contributed by atoms with Crippen LogP contribution in [0.4, 0.5) is 0 Å². The summed E-state index contributed by atoms with van der Waals surface area (Å²) in [4.78, 5) is 0. The van der Waals surface area contributed by atoms with Crippen LogP contribution in [0.1, 0.15) is 37.3 Å². The third-order valence-electron chi connectivity index (χ3n) is 2.85. The van der Waals surface area contributed by atoms with Crippen LogP contribution in [-0.2, 0) is 16.6 Å². The molecule has 4 nitrogen and oxygen atoms in total. The van der Waals surface area contributed by atoms with Gasteiger partial charge in [0.15, 0.2) is 0 Å². The van der Waals surface area contributed by atoms with Crippen molar-refractivity contribution in [1.82, 2.24) is 9.44 Å². The Morgan fingerprint density at radius 2 is 1.63 bits per heavy atom. The lowest BCUT2D eigenvalue weighted by molar-refractivity contribution is 0.561. The average Bonchev–Trinajstić information content (AvgIpc) is 2.38. The lowest BCUT2D eigenvalue weighted by Gasteiger charge is -2.07. The van der Waals surface area contributed by atoms with E-state index >= 15 is 0 Å². The van der Waals surface area contributed by atoms with Gasteiger partial charge < -0.3 is 0 Å². The number of rotatable bonds is 9. The molecule has 0 saturated carbocycles. The van der Waals surface area contributed by atoms with Gasteiger partial charge in [0.2, 0.25) is 0 Å². The molecule has 0 aliphatic carbocycles. The summed E-state index contributed by atoms with van der Waals surface area (Å²) in [6.45, 7) is 4.98. The van der Waals surface area contributed by atoms with E-state index < -0.39 is 10.2 Å². The first-order valence-corrected chi connectivity index (χ1v) is 8.31. The van der Waals surface area contributed by atoms with E-state index in [0.717, 1.165) is 25.7 Å². The molecule has 2 N–H and O–H groups in total. The van der Waals surface area contributed by atoms with Crippen LogP contribution < -0.4 is 9.44 Å². The predicted octanol–water partition coefficient (Wildman–Crippen LogP) is 2.15. The van der Waals surface area contributed by atoms with E-state index in [0.29, 0.717) is 13.1 Å². The fourth-order valence-electron chi connectivity index (χ4n) is 1.70. The molecular formula is C14H24N2O2S. The van der Waals surface area contributed by atoms with Crippen LogP contribution in [0, 0.1) is 6.92 Å². The minimum Gasteiger partial charge on any atom is -0.202 e. The Hall–Kier alpha value is -0.910. The largest absolute Gasteiger partial charge is 0.276 e. The zero-order valence-corrected chi connectivity index (χ0v) is 12.6. The SMILES string of the molecule is CCCNS(=O)(=O)NCCCCc1ccc(C)cc1. The summed E-state index contributed by atoms with van der Waals surface area (Å²) in [5.74, 6) is 0. The van der Waals surface area contributed by atoms with Gasteiger partial charge in [-0.3, -0.25) is 0 Å². The fourth-order valence-corrected chi connectivity index (χ4v) is 2.69. The van der Waals surface area contributed by atoms with Gasteiger partial charge in [0, 0.05) is 13.1 Å². The second-order valence-corrected chi connectivity index (χ2v) is 6.32. The summed E-state index contributed by atoms with van der Waals surface area (Å²) in [7, 11) is -3.29. The highest BCUT2D eigenvalue weighted by Gasteiger charge is 2.06. The minimum atomic E-state index is -3.29. The van der Waals surface area contributed by atoms with Crippen molar-refractivity contribution < 1.29 is 8.42 Å². The van der Waals surface area contributed by atoms with Crippen LogP contribution in [-0.4, -0.2) is 21.5 Å². The Balaban J connectivity index is 2.16. The van der Waals surface area contributed by atoms with E-state index in [2.05, 4.69) is 40.6 Å². The first-order valence-electron chi connectivity index (χ1n) is 6.83. The Morgan fingerprint density at radius 3 is 2.26 bits per heavy atom. The summed E-state index contributed by atoms with van der Waals surface area (Å²) in [5.41, 5.74) is 2.57. The van der Waals surface area contributed by atoms with E-state index in [9.17, 15) is 8.42 Å². The van der Waals surface area contributed by atoms with Gasteiger partial charge in [-0.25, -0.2) is 9.44 Å². The molecule has 0 radical (unpaired) electrons. The molecule has 0 saturated heterocycles. The first kappa shape index (κ1) is 16.1. The summed E-state index contributed by atoms with van der Waals surface area (Å²) >= 11 is 0. The van der Waals surface area contributed by atoms with E-state index in [1.807, 2.05) is 6.92 Å². The third kappa shape index (κ3) is 7.30. The average molecular weight is 284 g/mol. The molecule has 0 fully saturated rings. The molecule has 0 bridgehead atoms. The van der Waals surface area contributed by atoms with Crippen LogP contribution in [0.5, 0.6) is 0 Å². The monoisotopic (exact) mass is 284 g/mol. The number of aryl methyl sites for hydroxylation is 2. The molecule has 0 aliphatic heterocycles. The lowest BCUT2D eigenvalue weighted by Crippen LogP contribution is -2.37. The van der Waals surface area contributed by atoms with E-state index in [-0.39, 0.29) is 0 Å². The highest BCUT2D eigenvalue weighted by atomic mass is 32.2. The molecule has 1 aromatic carbocycles. The van der Waals surface area contributed by atoms with E-state index in [1.54, 1.807) is 0 Å². The van der Waals surface area contributed by atoms with E-state index in [1.165, 1.54) is 11.1 Å². The number of hydrogen-bond donors (Lipinski definition) is 2. The van der Waals surface area contributed by atoms with E-state index in [4.69, 9.17) is 0 Å². The summed E-state index contributed by atoms with van der Waals surface area (Å²) in [6.07, 6.45) is 3.62. The molecule has 19 heavy (non-hydrogen) atoms. The van der Waals surface area contributed by atoms with Crippen LogP contribution >= 0.6 is 0 Å². The van der Waals surface area contributed by atoms with Crippen molar-refractivity contribution in [2.75, 3.05) is 13.1 Å². The smallest absolute Gasteiger partial charge is 0.202 e. The molecule has 5 heteroatoms. The fraction of sp³-hybridized carbons (Fsp3) is 0.571. The van der Waals surface area contributed by atoms with Crippen molar-refractivity contribution >= 4 is 10.2 Å². The van der Waals surface area contributed by atoms with Crippen molar-refractivity contribution in [1.29, 1.82) is 0 Å². The van der Waals surface area contributed by atoms with Crippen molar-refractivity contribution in [3.8, 4) is 0 Å².